The Morgan fingerprint density at radius 2 is 1.80 bits per heavy atom. The number of H-pyrrole nitrogens is 1. The van der Waals surface area contributed by atoms with Gasteiger partial charge in [0.15, 0.2) is 11.6 Å². The number of hydrogen-bond acceptors (Lipinski definition) is 10. The van der Waals surface area contributed by atoms with Crippen molar-refractivity contribution in [2.24, 2.45) is 21.3 Å². The van der Waals surface area contributed by atoms with Crippen molar-refractivity contribution in [3.05, 3.63) is 23.5 Å². The van der Waals surface area contributed by atoms with E-state index in [1.807, 2.05) is 0 Å². The number of nitriles is 1. The lowest BCUT2D eigenvalue weighted by Gasteiger charge is -2.31. The third kappa shape index (κ3) is 9.46. The average Bonchev–Trinajstić information content (AvgIpc) is 3.69. The monoisotopic (exact) mass is 684 g/mol. The van der Waals surface area contributed by atoms with E-state index in [-0.39, 0.29) is 18.3 Å². The number of nitrogens with one attached hydrogen (secondary N) is 3. The molecule has 0 unspecified atom stereocenters. The Morgan fingerprint density at radius 3 is 2.41 bits per heavy atom. The molecule has 49 heavy (non-hydrogen) atoms. The van der Waals surface area contributed by atoms with E-state index in [0.29, 0.717) is 23.7 Å². The normalized spacial score (nSPS) is 26.5. The number of aromatic amines is 1. The van der Waals surface area contributed by atoms with Crippen LogP contribution in [0.4, 0.5) is 4.79 Å². The second-order valence-electron chi connectivity index (χ2n) is 15.5. The van der Waals surface area contributed by atoms with Gasteiger partial charge >= 0.3 is 12.1 Å². The van der Waals surface area contributed by atoms with E-state index in [4.69, 9.17) is 23.7 Å². The van der Waals surface area contributed by atoms with E-state index in [2.05, 4.69) is 31.7 Å². The molecular formula is C35H52N6O8. The van der Waals surface area contributed by atoms with Crippen LogP contribution in [0.25, 0.3) is 0 Å². The highest BCUT2D eigenvalue weighted by Gasteiger charge is 2.65. The number of hydrogen-bond donors (Lipinski definition) is 3. The lowest BCUT2D eigenvalue weighted by molar-refractivity contribution is -0.207. The molecule has 3 fully saturated rings. The van der Waals surface area contributed by atoms with Crippen LogP contribution in [-0.4, -0.2) is 84.5 Å². The van der Waals surface area contributed by atoms with Crippen molar-refractivity contribution in [2.45, 2.75) is 135 Å². The smallest absolute Gasteiger partial charge is 0.408 e. The SMILES string of the molecule is C/N=C\N=C(\NC(=O)CC1CCCCC1)c1ccc([C@]2(C#N)O[C@H](COC(=O)[C@@H](NC(=O)OC(C)(C)C)C(C)(C)C)[C@H]3OC(C)(C)O[C@H]32)[nH]1. The standard InChI is InChI=1S/C35H52N6O8/c1-32(2,3)27(41-31(44)49-33(4,5)6)30(43)45-18-23-26-28(48-34(7,8)47-26)35(19-36,46-23)24-16-15-22(39-24)29(38-20-37-9)40-25(42)17-21-13-11-10-12-14-21/h15-16,20-21,23,26-28,39H,10-14,17-18H2,1-9H3,(H,41,44)(H,37,38,40,42)/t23-,26-,27-,28-,35+/m1/s1. The summed E-state index contributed by atoms with van der Waals surface area (Å²) in [5.74, 6) is -1.33. The van der Waals surface area contributed by atoms with Gasteiger partial charge in [-0.25, -0.2) is 14.6 Å². The summed E-state index contributed by atoms with van der Waals surface area (Å²) in [6.45, 7) is 13.7. The van der Waals surface area contributed by atoms with Crippen LogP contribution < -0.4 is 10.6 Å². The number of rotatable bonds is 9. The number of amides is 2. The zero-order valence-electron chi connectivity index (χ0n) is 30.2. The average molecular weight is 685 g/mol. The zero-order chi connectivity index (χ0) is 36.2. The van der Waals surface area contributed by atoms with Crippen LogP contribution in [0, 0.1) is 22.7 Å². The molecule has 270 valence electrons. The molecule has 5 atom stereocenters. The van der Waals surface area contributed by atoms with Gasteiger partial charge in [0.1, 0.15) is 49.0 Å². The van der Waals surface area contributed by atoms with Crippen LogP contribution in [0.15, 0.2) is 22.1 Å². The molecule has 2 aliphatic heterocycles. The summed E-state index contributed by atoms with van der Waals surface area (Å²) in [6, 6.07) is 4.61. The number of ether oxygens (including phenoxy) is 5. The van der Waals surface area contributed by atoms with Crippen molar-refractivity contribution >= 4 is 30.1 Å². The first-order valence-corrected chi connectivity index (χ1v) is 17.0. The maximum atomic E-state index is 13.4. The van der Waals surface area contributed by atoms with Crippen LogP contribution in [-0.2, 0) is 38.9 Å². The number of aromatic nitrogens is 1. The second kappa shape index (κ2) is 15.0. The number of carbonyl (C=O) groups is 3. The molecule has 3 aliphatic rings. The third-order valence-electron chi connectivity index (χ3n) is 8.65. The van der Waals surface area contributed by atoms with Gasteiger partial charge in [0, 0.05) is 13.5 Å². The molecule has 0 bridgehead atoms. The molecule has 14 heteroatoms. The number of nitrogens with zero attached hydrogens (tertiary/aromatic N) is 3. The molecule has 3 heterocycles. The molecule has 1 aromatic heterocycles. The molecule has 0 spiro atoms. The Labute approximate surface area is 288 Å². The Bertz CT molecular complexity index is 1460. The molecule has 3 N–H and O–H groups in total. The van der Waals surface area contributed by atoms with E-state index < -0.39 is 58.8 Å². The maximum Gasteiger partial charge on any atom is 0.408 e. The predicted octanol–water partition coefficient (Wildman–Crippen LogP) is 4.63. The van der Waals surface area contributed by atoms with Crippen LogP contribution in [0.3, 0.4) is 0 Å². The molecular weight excluding hydrogens is 632 g/mol. The maximum absolute atomic E-state index is 13.4. The highest BCUT2D eigenvalue weighted by atomic mass is 16.8. The largest absolute Gasteiger partial charge is 0.461 e. The topological polar surface area (TPSA) is 186 Å². The van der Waals surface area contributed by atoms with E-state index in [9.17, 15) is 19.6 Å². The summed E-state index contributed by atoms with van der Waals surface area (Å²) in [5.41, 5.74) is -2.38. The van der Waals surface area contributed by atoms with E-state index in [0.717, 1.165) is 25.7 Å². The lowest BCUT2D eigenvalue weighted by atomic mass is 9.87. The van der Waals surface area contributed by atoms with Gasteiger partial charge in [-0.05, 0) is 70.9 Å². The quantitative estimate of drug-likeness (QED) is 0.190. The number of amidine groups is 1. The van der Waals surface area contributed by atoms with Crippen LogP contribution in [0.2, 0.25) is 0 Å². The first-order valence-electron chi connectivity index (χ1n) is 17.0. The van der Waals surface area contributed by atoms with Crippen LogP contribution >= 0.6 is 0 Å². The molecule has 2 amide bonds. The van der Waals surface area contributed by atoms with Gasteiger partial charge in [-0.2, -0.15) is 5.26 Å². The zero-order valence-corrected chi connectivity index (χ0v) is 30.2. The van der Waals surface area contributed by atoms with E-state index in [1.165, 1.54) is 12.8 Å². The predicted molar refractivity (Wildman–Crippen MR) is 181 cm³/mol. The molecule has 0 aromatic carbocycles. The number of esters is 1. The first-order chi connectivity index (χ1) is 22.9. The van der Waals surface area contributed by atoms with Gasteiger partial charge in [0.2, 0.25) is 11.5 Å². The minimum atomic E-state index is -1.69. The summed E-state index contributed by atoms with van der Waals surface area (Å²) in [4.78, 5) is 50.5. The second-order valence-corrected chi connectivity index (χ2v) is 15.5. The molecule has 2 saturated heterocycles. The van der Waals surface area contributed by atoms with Crippen LogP contribution in [0.5, 0.6) is 0 Å². The van der Waals surface area contributed by atoms with Crippen molar-refractivity contribution in [3.63, 3.8) is 0 Å². The first kappa shape index (κ1) is 38.0. The number of carbonyl (C=O) groups excluding carboxylic acids is 3. The summed E-state index contributed by atoms with van der Waals surface area (Å²) in [5, 5.41) is 16.2. The summed E-state index contributed by atoms with van der Waals surface area (Å²) in [6.07, 6.45) is 3.91. The Morgan fingerprint density at radius 1 is 1.10 bits per heavy atom. The number of fused-ring (bicyclic) bond motifs is 1. The van der Waals surface area contributed by atoms with Gasteiger partial charge in [-0.1, -0.05) is 40.0 Å². The molecule has 1 aliphatic carbocycles. The number of alkyl carbamates (subject to hydrolysis) is 1. The minimum absolute atomic E-state index is 0.149. The Kier molecular flexibility index (Phi) is 11.6. The highest BCUT2D eigenvalue weighted by Crippen LogP contribution is 2.49. The Balaban J connectivity index is 1.54. The van der Waals surface area contributed by atoms with E-state index in [1.54, 1.807) is 74.6 Å². The fourth-order valence-electron chi connectivity index (χ4n) is 6.42. The molecule has 0 radical (unpaired) electrons. The van der Waals surface area contributed by atoms with Crippen molar-refractivity contribution in [1.29, 1.82) is 5.26 Å². The lowest BCUT2D eigenvalue weighted by Crippen LogP contribution is -2.51. The van der Waals surface area contributed by atoms with Crippen LogP contribution in [0.1, 0.15) is 105 Å². The van der Waals surface area contributed by atoms with Crippen molar-refractivity contribution in [3.8, 4) is 6.07 Å². The van der Waals surface area contributed by atoms with Gasteiger partial charge in [0.25, 0.3) is 0 Å². The van der Waals surface area contributed by atoms with Gasteiger partial charge in [-0.3, -0.25) is 9.79 Å². The van der Waals surface area contributed by atoms with Crippen molar-refractivity contribution in [1.82, 2.24) is 15.6 Å². The summed E-state index contributed by atoms with van der Waals surface area (Å²) < 4.78 is 29.9. The summed E-state index contributed by atoms with van der Waals surface area (Å²) >= 11 is 0. The van der Waals surface area contributed by atoms with Gasteiger partial charge in [0.05, 0.1) is 11.4 Å². The molecule has 1 saturated carbocycles. The van der Waals surface area contributed by atoms with Crippen molar-refractivity contribution in [2.75, 3.05) is 13.7 Å². The fourth-order valence-corrected chi connectivity index (χ4v) is 6.42. The Hall–Kier alpha value is -3.80. The molecule has 4 rings (SSSR count). The van der Waals surface area contributed by atoms with E-state index >= 15 is 0 Å². The third-order valence-corrected chi connectivity index (χ3v) is 8.65. The van der Waals surface area contributed by atoms with Gasteiger partial charge < -0.3 is 39.3 Å². The fraction of sp³-hybridized carbons (Fsp3) is 0.714. The summed E-state index contributed by atoms with van der Waals surface area (Å²) in [7, 11) is 1.58. The van der Waals surface area contributed by atoms with Gasteiger partial charge in [-0.15, -0.1) is 0 Å². The number of aliphatic imine (C=N–C) groups is 2. The molecule has 14 nitrogen and oxygen atoms in total. The minimum Gasteiger partial charge on any atom is -0.461 e. The van der Waals surface area contributed by atoms with Crippen molar-refractivity contribution < 1.29 is 38.1 Å². The molecule has 1 aromatic rings. The highest BCUT2D eigenvalue weighted by molar-refractivity contribution is 6.09.